The first kappa shape index (κ1) is 37.0. The van der Waals surface area contributed by atoms with Crippen LogP contribution in [0.2, 0.25) is 15.1 Å². The number of amides is 4. The number of hydrogen-bond donors (Lipinski definition) is 2. The minimum atomic E-state index is -4.78. The van der Waals surface area contributed by atoms with Crippen LogP contribution < -0.4 is 10.3 Å². The summed E-state index contributed by atoms with van der Waals surface area (Å²) in [4.78, 5) is 63.3. The van der Waals surface area contributed by atoms with Crippen LogP contribution in [0, 0.1) is 36.4 Å². The molecule has 4 aromatic rings. The minimum Gasteiger partial charge on any atom is -0.505 e. The van der Waals surface area contributed by atoms with Gasteiger partial charge in [-0.3, -0.25) is 24.6 Å². The van der Waals surface area contributed by atoms with E-state index in [0.29, 0.717) is 38.5 Å². The number of fused-ring (bicyclic) bond motifs is 4. The monoisotopic (exact) mass is 812 g/mol. The van der Waals surface area contributed by atoms with Crippen LogP contribution in [0.25, 0.3) is 0 Å². The van der Waals surface area contributed by atoms with Crippen molar-refractivity contribution >= 4 is 69.9 Å². The van der Waals surface area contributed by atoms with Gasteiger partial charge in [-0.2, -0.15) is 18.2 Å². The molecule has 6 atom stereocenters. The average Bonchev–Trinajstić information content (AvgIpc) is 3.52. The Labute approximate surface area is 325 Å². The molecule has 2 saturated heterocycles. The molecular formula is C39H27Cl3F4N4O5. The highest BCUT2D eigenvalue weighted by molar-refractivity contribution is 6.33. The zero-order valence-corrected chi connectivity index (χ0v) is 30.6. The third-order valence-corrected chi connectivity index (χ3v) is 12.2. The lowest BCUT2D eigenvalue weighted by atomic mass is 9.49. The number of aromatic nitrogens is 1. The van der Waals surface area contributed by atoms with Crippen LogP contribution in [-0.4, -0.2) is 38.7 Å². The standard InChI is InChI=1S/C39H27Cl3F4N4O5/c1-17-2-8-22(14-27(17)41)49-34(52)24-10-9-23-25(31(24)36(49)54)15-26-35(53)50(48-33-28(42)13-20(16-47-33)39(44,45)46)37(55)38(26,19-4-6-21(40)7-5-19)32(23)18-3-11-30(51)29(43)12-18/h2-9,11-14,16,24-26,31-32,51H,10,15H2,1H3,(H,47,48). The van der Waals surface area contributed by atoms with Gasteiger partial charge in [-0.15, -0.1) is 0 Å². The van der Waals surface area contributed by atoms with Crippen LogP contribution in [0.4, 0.5) is 29.1 Å². The fourth-order valence-electron chi connectivity index (χ4n) is 8.84. The van der Waals surface area contributed by atoms with Gasteiger partial charge in [-0.05, 0) is 84.8 Å². The maximum Gasteiger partial charge on any atom is 0.417 e. The molecule has 0 radical (unpaired) electrons. The van der Waals surface area contributed by atoms with E-state index < -0.39 is 92.8 Å². The van der Waals surface area contributed by atoms with E-state index in [9.17, 15) is 32.7 Å². The van der Waals surface area contributed by atoms with Crippen molar-refractivity contribution in [3.63, 3.8) is 0 Å². The molecule has 55 heavy (non-hydrogen) atoms. The number of aromatic hydroxyl groups is 1. The van der Waals surface area contributed by atoms with Crippen LogP contribution in [0.1, 0.15) is 41.0 Å². The normalized spacial score (nSPS) is 26.2. The number of carbonyl (C=O) groups excluding carboxylic acids is 4. The summed E-state index contributed by atoms with van der Waals surface area (Å²) in [5, 5.41) is 11.0. The molecule has 282 valence electrons. The molecule has 3 aromatic carbocycles. The summed E-state index contributed by atoms with van der Waals surface area (Å²) in [6, 6.07) is 15.1. The second-order valence-corrected chi connectivity index (χ2v) is 15.3. The number of nitrogens with zero attached hydrogens (tertiary/aromatic N) is 3. The van der Waals surface area contributed by atoms with Crippen LogP contribution in [0.15, 0.2) is 84.6 Å². The van der Waals surface area contributed by atoms with Crippen molar-refractivity contribution in [2.24, 2.45) is 23.7 Å². The Morgan fingerprint density at radius 1 is 0.891 bits per heavy atom. The molecule has 3 heterocycles. The SMILES string of the molecule is Cc1ccc(N2C(=O)C3CC=C4C(CC5C(=O)N(Nc6ncc(C(F)(F)F)cc6Cl)C(=O)C5(c5ccc(Cl)cc5)C4c4ccc(O)c(F)c4)C3C2=O)cc1Cl. The van der Waals surface area contributed by atoms with Gasteiger partial charge in [0.05, 0.1) is 39.4 Å². The summed E-state index contributed by atoms with van der Waals surface area (Å²) >= 11 is 18.9. The van der Waals surface area contributed by atoms with E-state index in [1.54, 1.807) is 37.3 Å². The number of benzene rings is 3. The van der Waals surface area contributed by atoms with Gasteiger partial charge in [-0.25, -0.2) is 14.3 Å². The lowest BCUT2D eigenvalue weighted by Crippen LogP contribution is -2.53. The molecule has 0 bridgehead atoms. The van der Waals surface area contributed by atoms with Gasteiger partial charge in [0.15, 0.2) is 17.4 Å². The number of pyridine rings is 1. The number of carbonyl (C=O) groups is 4. The van der Waals surface area contributed by atoms with Crippen LogP contribution in [0.5, 0.6) is 5.75 Å². The van der Waals surface area contributed by atoms with E-state index >= 15 is 9.18 Å². The lowest BCUT2D eigenvalue weighted by molar-refractivity contribution is -0.139. The van der Waals surface area contributed by atoms with Gasteiger partial charge < -0.3 is 5.11 Å². The third kappa shape index (κ3) is 5.61. The molecule has 8 rings (SSSR count). The Morgan fingerprint density at radius 2 is 1.62 bits per heavy atom. The van der Waals surface area contributed by atoms with Crippen molar-refractivity contribution in [3.8, 4) is 5.75 Å². The van der Waals surface area contributed by atoms with Gasteiger partial charge in [0.1, 0.15) is 0 Å². The second-order valence-electron chi connectivity index (χ2n) is 14.1. The van der Waals surface area contributed by atoms with Gasteiger partial charge in [-0.1, -0.05) is 70.7 Å². The average molecular weight is 814 g/mol. The van der Waals surface area contributed by atoms with E-state index in [-0.39, 0.29) is 24.1 Å². The largest absolute Gasteiger partial charge is 0.505 e. The number of imide groups is 2. The molecule has 16 heteroatoms. The summed E-state index contributed by atoms with van der Waals surface area (Å²) in [5.41, 5.74) is 1.48. The number of rotatable bonds is 5. The highest BCUT2D eigenvalue weighted by Gasteiger charge is 2.70. The molecule has 2 aliphatic carbocycles. The molecule has 2 aliphatic heterocycles. The molecule has 9 nitrogen and oxygen atoms in total. The molecular weight excluding hydrogens is 787 g/mol. The Hall–Kier alpha value is -4.98. The highest BCUT2D eigenvalue weighted by Crippen LogP contribution is 2.64. The number of aryl methyl sites for hydroxylation is 1. The third-order valence-electron chi connectivity index (χ3n) is 11.3. The predicted octanol–water partition coefficient (Wildman–Crippen LogP) is 8.40. The summed E-state index contributed by atoms with van der Waals surface area (Å²) < 4.78 is 55.7. The van der Waals surface area contributed by atoms with E-state index in [2.05, 4.69) is 10.4 Å². The minimum absolute atomic E-state index is 0.0742. The first-order valence-electron chi connectivity index (χ1n) is 17.0. The molecule has 4 aliphatic rings. The van der Waals surface area contributed by atoms with E-state index in [0.717, 1.165) is 22.6 Å². The summed E-state index contributed by atoms with van der Waals surface area (Å²) in [7, 11) is 0. The number of nitrogens with one attached hydrogen (secondary N) is 1. The highest BCUT2D eigenvalue weighted by atomic mass is 35.5. The molecule has 1 aromatic heterocycles. The summed E-state index contributed by atoms with van der Waals surface area (Å²) in [5.74, 6) is -9.92. The Kier molecular flexibility index (Phi) is 8.78. The quantitative estimate of drug-likeness (QED) is 0.118. The van der Waals surface area contributed by atoms with Crippen molar-refractivity contribution in [1.82, 2.24) is 9.99 Å². The summed E-state index contributed by atoms with van der Waals surface area (Å²) in [6.45, 7) is 1.77. The number of hydrazine groups is 1. The van der Waals surface area contributed by atoms with Crippen molar-refractivity contribution in [1.29, 1.82) is 0 Å². The van der Waals surface area contributed by atoms with Crippen LogP contribution in [0.3, 0.4) is 0 Å². The first-order chi connectivity index (χ1) is 26.0. The Bertz CT molecular complexity index is 2370. The van der Waals surface area contributed by atoms with E-state index in [1.807, 2.05) is 0 Å². The van der Waals surface area contributed by atoms with Gasteiger partial charge in [0.2, 0.25) is 11.8 Å². The summed E-state index contributed by atoms with van der Waals surface area (Å²) in [6.07, 6.45) is -2.58. The maximum absolute atomic E-state index is 15.3. The number of hydrogen-bond acceptors (Lipinski definition) is 7. The topological polar surface area (TPSA) is 120 Å². The maximum atomic E-state index is 15.3. The molecule has 6 unspecified atom stereocenters. The molecule has 3 fully saturated rings. The number of halogens is 7. The van der Waals surface area contributed by atoms with Crippen LogP contribution in [-0.2, 0) is 30.8 Å². The van der Waals surface area contributed by atoms with Crippen molar-refractivity contribution in [2.75, 3.05) is 10.3 Å². The zero-order valence-electron chi connectivity index (χ0n) is 28.4. The number of phenols is 1. The number of alkyl halides is 3. The van der Waals surface area contributed by atoms with E-state index in [1.165, 1.54) is 24.3 Å². The van der Waals surface area contributed by atoms with Gasteiger partial charge >= 0.3 is 6.18 Å². The Morgan fingerprint density at radius 3 is 2.27 bits per heavy atom. The van der Waals surface area contributed by atoms with Gasteiger partial charge in [0.25, 0.3) is 11.8 Å². The molecule has 4 amide bonds. The predicted molar refractivity (Wildman–Crippen MR) is 194 cm³/mol. The number of allylic oxidation sites excluding steroid dienone is 2. The van der Waals surface area contributed by atoms with Crippen LogP contribution >= 0.6 is 34.8 Å². The number of anilines is 2. The smallest absolute Gasteiger partial charge is 0.417 e. The molecule has 2 N–H and O–H groups in total. The van der Waals surface area contributed by atoms with Crippen molar-refractivity contribution < 1.29 is 41.8 Å². The second kappa shape index (κ2) is 13.1. The fraction of sp³-hybridized carbons (Fsp3) is 0.256. The molecule has 1 saturated carbocycles. The Balaban J connectivity index is 1.31. The fourth-order valence-corrected chi connectivity index (χ4v) is 9.35. The van der Waals surface area contributed by atoms with Crippen molar-refractivity contribution in [2.45, 2.75) is 37.3 Å². The lowest BCUT2D eigenvalue weighted by Gasteiger charge is -2.50. The van der Waals surface area contributed by atoms with Crippen molar-refractivity contribution in [3.05, 3.63) is 128 Å². The van der Waals surface area contributed by atoms with Gasteiger partial charge in [0, 0.05) is 22.2 Å². The zero-order chi connectivity index (χ0) is 39.3. The molecule has 0 spiro atoms. The number of phenolic OH excluding ortho intramolecular Hbond substituents is 1. The van der Waals surface area contributed by atoms with E-state index in [4.69, 9.17) is 34.8 Å². The first-order valence-corrected chi connectivity index (χ1v) is 18.1.